The van der Waals surface area contributed by atoms with Crippen molar-refractivity contribution in [2.45, 2.75) is 40.7 Å². The second-order valence-electron chi connectivity index (χ2n) is 9.66. The number of hydrogen-bond acceptors (Lipinski definition) is 12. The Kier molecular flexibility index (Phi) is 8.61. The highest BCUT2D eigenvalue weighted by atomic mass is 32.2. The molecule has 0 amide bonds. The lowest BCUT2D eigenvalue weighted by molar-refractivity contribution is -0.384. The first-order valence-electron chi connectivity index (χ1n) is 13.0. The maximum absolute atomic E-state index is 13.0. The van der Waals surface area contributed by atoms with Crippen LogP contribution in [-0.4, -0.2) is 66.4 Å². The fraction of sp³-hybridized carbons (Fsp3) is 0.296. The van der Waals surface area contributed by atoms with E-state index in [9.17, 15) is 18.5 Å². The van der Waals surface area contributed by atoms with E-state index in [1.807, 2.05) is 19.9 Å². The summed E-state index contributed by atoms with van der Waals surface area (Å²) in [6.07, 6.45) is 0.0106. The third-order valence-corrected chi connectivity index (χ3v) is 8.97. The van der Waals surface area contributed by atoms with Gasteiger partial charge in [-0.1, -0.05) is 12.1 Å². The first-order valence-corrected chi connectivity index (χ1v) is 15.4. The Hall–Kier alpha value is -4.21. The smallest absolute Gasteiger partial charge is 0.269 e. The van der Waals surface area contributed by atoms with Gasteiger partial charge in [0.2, 0.25) is 5.75 Å². The van der Waals surface area contributed by atoms with Crippen molar-refractivity contribution in [1.29, 1.82) is 0 Å². The zero-order valence-corrected chi connectivity index (χ0v) is 24.7. The summed E-state index contributed by atoms with van der Waals surface area (Å²) >= 11 is 1.27. The normalized spacial score (nSPS) is 15.4. The fourth-order valence-electron chi connectivity index (χ4n) is 4.45. The predicted octanol–water partition coefficient (Wildman–Crippen LogP) is 4.52. The lowest BCUT2D eigenvalue weighted by atomic mass is 10.2. The number of aromatic nitrogens is 4. The molecule has 15 heteroatoms. The van der Waals surface area contributed by atoms with Crippen molar-refractivity contribution in [1.82, 2.24) is 20.2 Å². The van der Waals surface area contributed by atoms with Crippen LogP contribution in [0.25, 0.3) is 0 Å². The van der Waals surface area contributed by atoms with E-state index >= 15 is 0 Å². The minimum atomic E-state index is -3.74. The third kappa shape index (κ3) is 6.80. The number of nitro benzene ring substituents is 1. The van der Waals surface area contributed by atoms with Gasteiger partial charge in [-0.2, -0.15) is 5.10 Å². The van der Waals surface area contributed by atoms with Crippen molar-refractivity contribution >= 4 is 44.7 Å². The molecule has 1 aliphatic heterocycles. The topological polar surface area (TPSA) is 165 Å². The summed E-state index contributed by atoms with van der Waals surface area (Å²) in [5.74, 6) is 1.73. The number of hydrogen-bond donors (Lipinski definition) is 2. The van der Waals surface area contributed by atoms with Crippen molar-refractivity contribution in [3.05, 3.63) is 76.0 Å². The molecule has 3 heterocycles. The Labute approximate surface area is 246 Å². The molecule has 1 aliphatic rings. The van der Waals surface area contributed by atoms with Crippen molar-refractivity contribution in [2.24, 2.45) is 0 Å². The standard InChI is InChI=1S/C27H29N7O6S2/c1-17-13-23(32-31-17)28-25-24(39-3)26(33-11-12-40-18(2)15-33)30-27(29-25)41-21-7-9-22(10-8-21)42(37,38)16-19-5-4-6-20(14-19)34(35)36/h4-10,13-14,18H,11-12,15-16H2,1-3H3,(H2,28,29,30,31,32). The Morgan fingerprint density at radius 1 is 1.21 bits per heavy atom. The van der Waals surface area contributed by atoms with Gasteiger partial charge in [0.1, 0.15) is 0 Å². The molecule has 5 rings (SSSR count). The number of morpholine rings is 1. The molecule has 13 nitrogen and oxygen atoms in total. The number of H-pyrrole nitrogens is 1. The van der Waals surface area contributed by atoms with Crippen LogP contribution in [0.3, 0.4) is 0 Å². The molecule has 220 valence electrons. The van der Waals surface area contributed by atoms with E-state index in [0.29, 0.717) is 53.6 Å². The number of nitrogens with one attached hydrogen (secondary N) is 2. The lowest BCUT2D eigenvalue weighted by Crippen LogP contribution is -2.41. The van der Waals surface area contributed by atoms with Gasteiger partial charge in [-0.25, -0.2) is 18.4 Å². The van der Waals surface area contributed by atoms with Crippen LogP contribution in [0.5, 0.6) is 5.75 Å². The number of sulfone groups is 1. The average Bonchev–Trinajstić information content (AvgIpc) is 3.37. The lowest BCUT2D eigenvalue weighted by Gasteiger charge is -2.33. The monoisotopic (exact) mass is 611 g/mol. The van der Waals surface area contributed by atoms with Crippen LogP contribution in [0.15, 0.2) is 69.5 Å². The molecule has 0 radical (unpaired) electrons. The summed E-state index contributed by atoms with van der Waals surface area (Å²) in [6, 6.07) is 13.8. The minimum absolute atomic E-state index is 0.0106. The molecule has 42 heavy (non-hydrogen) atoms. The number of aryl methyl sites for hydroxylation is 1. The van der Waals surface area contributed by atoms with Crippen molar-refractivity contribution < 1.29 is 22.8 Å². The number of nitro groups is 1. The molecule has 0 saturated carbocycles. The van der Waals surface area contributed by atoms with Crippen molar-refractivity contribution in [3.63, 3.8) is 0 Å². The first kappa shape index (κ1) is 29.3. The van der Waals surface area contributed by atoms with Crippen molar-refractivity contribution in [3.8, 4) is 5.75 Å². The maximum Gasteiger partial charge on any atom is 0.269 e. The molecule has 0 bridgehead atoms. The number of benzene rings is 2. The number of nitrogens with zero attached hydrogens (tertiary/aromatic N) is 5. The summed E-state index contributed by atoms with van der Waals surface area (Å²) in [4.78, 5) is 22.9. The Morgan fingerprint density at radius 3 is 2.67 bits per heavy atom. The SMILES string of the molecule is COc1c(Nc2cc(C)[nH]n2)nc(Sc2ccc(S(=O)(=O)Cc3cccc([N+](=O)[O-])c3)cc2)nc1N1CCOC(C)C1. The van der Waals surface area contributed by atoms with Gasteiger partial charge in [0.15, 0.2) is 32.4 Å². The number of aromatic amines is 1. The summed E-state index contributed by atoms with van der Waals surface area (Å²) in [5, 5.41) is 21.9. The summed E-state index contributed by atoms with van der Waals surface area (Å²) < 4.78 is 37.5. The van der Waals surface area contributed by atoms with E-state index in [-0.39, 0.29) is 22.4 Å². The molecule has 0 aliphatic carbocycles. The number of ether oxygens (including phenoxy) is 2. The molecule has 0 spiro atoms. The zero-order valence-electron chi connectivity index (χ0n) is 23.1. The Balaban J connectivity index is 1.41. The Bertz CT molecular complexity index is 1700. The number of methoxy groups -OCH3 is 1. The van der Waals surface area contributed by atoms with E-state index in [1.54, 1.807) is 25.3 Å². The van der Waals surface area contributed by atoms with Gasteiger partial charge in [-0.3, -0.25) is 15.2 Å². The number of anilines is 3. The fourth-order valence-corrected chi connectivity index (χ4v) is 6.54. The average molecular weight is 612 g/mol. The van der Waals surface area contributed by atoms with Crippen LogP contribution in [0, 0.1) is 17.0 Å². The van der Waals surface area contributed by atoms with Gasteiger partial charge in [0.05, 0.1) is 35.4 Å². The van der Waals surface area contributed by atoms with Gasteiger partial charge < -0.3 is 19.7 Å². The van der Waals surface area contributed by atoms with Crippen molar-refractivity contribution in [2.75, 3.05) is 37.0 Å². The zero-order chi connectivity index (χ0) is 29.9. The van der Waals surface area contributed by atoms with E-state index < -0.39 is 14.8 Å². The van der Waals surface area contributed by atoms with Gasteiger partial charge >= 0.3 is 0 Å². The minimum Gasteiger partial charge on any atom is -0.490 e. The van der Waals surface area contributed by atoms with Gasteiger partial charge in [0, 0.05) is 41.9 Å². The predicted molar refractivity (Wildman–Crippen MR) is 157 cm³/mol. The van der Waals surface area contributed by atoms with E-state index in [0.717, 1.165) is 10.6 Å². The van der Waals surface area contributed by atoms with Gasteiger partial charge in [-0.15, -0.1) is 0 Å². The van der Waals surface area contributed by atoms with Crippen LogP contribution in [0.4, 0.5) is 23.1 Å². The molecular formula is C27H29N7O6S2. The van der Waals surface area contributed by atoms with Crippen LogP contribution in [0.1, 0.15) is 18.2 Å². The molecule has 2 aromatic carbocycles. The Morgan fingerprint density at radius 2 is 2.00 bits per heavy atom. The highest BCUT2D eigenvalue weighted by molar-refractivity contribution is 7.99. The van der Waals surface area contributed by atoms with Gasteiger partial charge in [0.25, 0.3) is 5.69 Å². The summed E-state index contributed by atoms with van der Waals surface area (Å²) in [6.45, 7) is 5.68. The number of rotatable bonds is 10. The molecule has 1 fully saturated rings. The third-order valence-electron chi connectivity index (χ3n) is 6.39. The second-order valence-corrected chi connectivity index (χ2v) is 12.7. The van der Waals surface area contributed by atoms with Crippen LogP contribution >= 0.6 is 11.8 Å². The van der Waals surface area contributed by atoms with Gasteiger partial charge in [-0.05, 0) is 55.4 Å². The molecule has 2 N–H and O–H groups in total. The second kappa shape index (κ2) is 12.3. The number of non-ortho nitro benzene ring substituents is 1. The quantitative estimate of drug-likeness (QED) is 0.146. The van der Waals surface area contributed by atoms with Crippen LogP contribution in [0.2, 0.25) is 0 Å². The molecule has 1 saturated heterocycles. The molecule has 2 aromatic heterocycles. The van der Waals surface area contributed by atoms with Crippen LogP contribution < -0.4 is 15.0 Å². The molecular weight excluding hydrogens is 582 g/mol. The molecule has 4 aromatic rings. The van der Waals surface area contributed by atoms with E-state index in [4.69, 9.17) is 19.4 Å². The highest BCUT2D eigenvalue weighted by Crippen LogP contribution is 2.38. The molecule has 1 atom stereocenters. The summed E-state index contributed by atoms with van der Waals surface area (Å²) in [5.41, 5.74) is 1.06. The maximum atomic E-state index is 13.0. The summed E-state index contributed by atoms with van der Waals surface area (Å²) in [7, 11) is -2.18. The van der Waals surface area contributed by atoms with E-state index in [1.165, 1.54) is 42.1 Å². The largest absolute Gasteiger partial charge is 0.490 e. The first-order chi connectivity index (χ1) is 20.1. The molecule has 1 unspecified atom stereocenters. The van der Waals surface area contributed by atoms with E-state index in [2.05, 4.69) is 20.4 Å². The van der Waals surface area contributed by atoms with Crippen LogP contribution in [-0.2, 0) is 20.3 Å². The highest BCUT2D eigenvalue weighted by Gasteiger charge is 2.26.